The lowest BCUT2D eigenvalue weighted by atomic mass is 10.2. The minimum Gasteiger partial charge on any atom is -0.314 e. The third kappa shape index (κ3) is 3.93. The van der Waals surface area contributed by atoms with Gasteiger partial charge in [-0.3, -0.25) is 0 Å². The second-order valence-electron chi connectivity index (χ2n) is 5.54. The van der Waals surface area contributed by atoms with Gasteiger partial charge in [-0.25, -0.2) is 8.42 Å². The van der Waals surface area contributed by atoms with Gasteiger partial charge in [0, 0.05) is 18.6 Å². The number of sulfonamides is 1. The predicted molar refractivity (Wildman–Crippen MR) is 74.1 cm³/mol. The molecule has 18 heavy (non-hydrogen) atoms. The highest BCUT2D eigenvalue weighted by Crippen LogP contribution is 2.25. The summed E-state index contributed by atoms with van der Waals surface area (Å²) in [7, 11) is -3.04. The quantitative estimate of drug-likeness (QED) is 0.686. The molecule has 0 aromatic carbocycles. The zero-order valence-electron chi connectivity index (χ0n) is 11.4. The maximum atomic E-state index is 12.3. The Bertz CT molecular complexity index is 346. The molecule has 2 fully saturated rings. The van der Waals surface area contributed by atoms with Crippen LogP contribution in [0.5, 0.6) is 0 Å². The summed E-state index contributed by atoms with van der Waals surface area (Å²) in [5.41, 5.74) is 0. The Kier molecular flexibility index (Phi) is 5.04. The molecule has 0 spiro atoms. The van der Waals surface area contributed by atoms with Gasteiger partial charge in [-0.15, -0.1) is 0 Å². The molecule has 0 amide bonds. The number of hydrogen-bond donors (Lipinski definition) is 1. The van der Waals surface area contributed by atoms with Gasteiger partial charge < -0.3 is 5.32 Å². The second-order valence-corrected chi connectivity index (χ2v) is 7.58. The van der Waals surface area contributed by atoms with Crippen molar-refractivity contribution in [1.82, 2.24) is 9.62 Å². The molecule has 0 radical (unpaired) electrons. The fourth-order valence-corrected chi connectivity index (χ4v) is 4.64. The molecule has 106 valence electrons. The summed E-state index contributed by atoms with van der Waals surface area (Å²) >= 11 is 0. The van der Waals surface area contributed by atoms with Crippen LogP contribution in [-0.2, 0) is 10.0 Å². The summed E-state index contributed by atoms with van der Waals surface area (Å²) in [6, 6.07) is 0.946. The smallest absolute Gasteiger partial charge is 0.214 e. The Morgan fingerprint density at radius 2 is 1.83 bits per heavy atom. The van der Waals surface area contributed by atoms with Crippen LogP contribution < -0.4 is 5.32 Å². The zero-order valence-corrected chi connectivity index (χ0v) is 12.2. The summed E-state index contributed by atoms with van der Waals surface area (Å²) in [6.07, 6.45) is 7.72. The van der Waals surface area contributed by atoms with Crippen LogP contribution in [0.4, 0.5) is 0 Å². The Hall–Kier alpha value is -0.130. The first kappa shape index (κ1) is 14.3. The SMILES string of the molecule is CCN(C1CCCC1)S(=O)(=O)CCCNC1CC1. The lowest BCUT2D eigenvalue weighted by molar-refractivity contribution is 0.335. The second kappa shape index (κ2) is 6.35. The van der Waals surface area contributed by atoms with Crippen molar-refractivity contribution in [3.05, 3.63) is 0 Å². The van der Waals surface area contributed by atoms with Crippen LogP contribution >= 0.6 is 0 Å². The van der Waals surface area contributed by atoms with E-state index in [4.69, 9.17) is 0 Å². The van der Waals surface area contributed by atoms with Gasteiger partial charge >= 0.3 is 0 Å². The van der Waals surface area contributed by atoms with Crippen molar-refractivity contribution in [1.29, 1.82) is 0 Å². The third-order valence-electron chi connectivity index (χ3n) is 3.99. The van der Waals surface area contributed by atoms with Crippen LogP contribution in [0.1, 0.15) is 51.9 Å². The molecular formula is C13H26N2O2S. The molecule has 4 nitrogen and oxygen atoms in total. The summed E-state index contributed by atoms with van der Waals surface area (Å²) in [5, 5.41) is 3.37. The van der Waals surface area contributed by atoms with Crippen molar-refractivity contribution in [2.24, 2.45) is 0 Å². The molecule has 0 heterocycles. The molecule has 0 aromatic heterocycles. The number of nitrogens with zero attached hydrogens (tertiary/aromatic N) is 1. The number of rotatable bonds is 8. The van der Waals surface area contributed by atoms with E-state index in [1.165, 1.54) is 25.7 Å². The highest BCUT2D eigenvalue weighted by molar-refractivity contribution is 7.89. The minimum atomic E-state index is -3.04. The summed E-state index contributed by atoms with van der Waals surface area (Å²) < 4.78 is 26.4. The molecule has 0 aliphatic heterocycles. The van der Waals surface area contributed by atoms with Crippen LogP contribution in [0.3, 0.4) is 0 Å². The van der Waals surface area contributed by atoms with Crippen LogP contribution in [-0.4, -0.2) is 43.6 Å². The summed E-state index contributed by atoms with van der Waals surface area (Å²) in [6.45, 7) is 3.42. The largest absolute Gasteiger partial charge is 0.314 e. The predicted octanol–water partition coefficient (Wildman–Crippen LogP) is 1.72. The van der Waals surface area contributed by atoms with Gasteiger partial charge in [0.25, 0.3) is 0 Å². The molecule has 0 unspecified atom stereocenters. The Morgan fingerprint density at radius 3 is 2.39 bits per heavy atom. The van der Waals surface area contributed by atoms with Gasteiger partial charge in [0.2, 0.25) is 10.0 Å². The number of hydrogen-bond acceptors (Lipinski definition) is 3. The molecule has 0 saturated heterocycles. The van der Waals surface area contributed by atoms with E-state index in [0.29, 0.717) is 18.3 Å². The van der Waals surface area contributed by atoms with E-state index in [9.17, 15) is 8.42 Å². The third-order valence-corrected chi connectivity index (χ3v) is 6.07. The van der Waals surface area contributed by atoms with Gasteiger partial charge in [-0.05, 0) is 38.6 Å². The van der Waals surface area contributed by atoms with E-state index in [1.54, 1.807) is 4.31 Å². The summed E-state index contributed by atoms with van der Waals surface area (Å²) in [4.78, 5) is 0. The lowest BCUT2D eigenvalue weighted by Crippen LogP contribution is -2.40. The first-order chi connectivity index (χ1) is 8.63. The van der Waals surface area contributed by atoms with Gasteiger partial charge in [0.05, 0.1) is 5.75 Å². The first-order valence-electron chi connectivity index (χ1n) is 7.36. The topological polar surface area (TPSA) is 49.4 Å². The Morgan fingerprint density at radius 1 is 1.17 bits per heavy atom. The van der Waals surface area contributed by atoms with Crippen LogP contribution in [0.15, 0.2) is 0 Å². The molecule has 1 N–H and O–H groups in total. The number of nitrogens with one attached hydrogen (secondary N) is 1. The van der Waals surface area contributed by atoms with Gasteiger partial charge in [0.1, 0.15) is 0 Å². The summed E-state index contributed by atoms with van der Waals surface area (Å²) in [5.74, 6) is 0.303. The minimum absolute atomic E-state index is 0.274. The molecule has 2 aliphatic carbocycles. The Balaban J connectivity index is 1.78. The maximum Gasteiger partial charge on any atom is 0.214 e. The normalized spacial score (nSPS) is 21.9. The van der Waals surface area contributed by atoms with Gasteiger partial charge in [-0.1, -0.05) is 19.8 Å². The molecular weight excluding hydrogens is 248 g/mol. The van der Waals surface area contributed by atoms with Crippen molar-refractivity contribution in [3.8, 4) is 0 Å². The van der Waals surface area contributed by atoms with Gasteiger partial charge in [0.15, 0.2) is 0 Å². The van der Waals surface area contributed by atoms with Crippen molar-refractivity contribution in [2.75, 3.05) is 18.8 Å². The van der Waals surface area contributed by atoms with Crippen molar-refractivity contribution in [3.63, 3.8) is 0 Å². The molecule has 0 atom stereocenters. The monoisotopic (exact) mass is 274 g/mol. The van der Waals surface area contributed by atoms with Crippen molar-refractivity contribution in [2.45, 2.75) is 64.0 Å². The van der Waals surface area contributed by atoms with Crippen LogP contribution in [0.2, 0.25) is 0 Å². The van der Waals surface area contributed by atoms with E-state index in [2.05, 4.69) is 5.32 Å². The highest BCUT2D eigenvalue weighted by atomic mass is 32.2. The highest BCUT2D eigenvalue weighted by Gasteiger charge is 2.30. The van der Waals surface area contributed by atoms with Crippen LogP contribution in [0, 0.1) is 0 Å². The molecule has 0 aromatic rings. The van der Waals surface area contributed by atoms with E-state index in [1.807, 2.05) is 6.92 Å². The van der Waals surface area contributed by atoms with Gasteiger partial charge in [-0.2, -0.15) is 4.31 Å². The van der Waals surface area contributed by atoms with E-state index in [-0.39, 0.29) is 6.04 Å². The average Bonchev–Trinajstić information content (AvgIpc) is 3.01. The molecule has 2 saturated carbocycles. The molecule has 0 bridgehead atoms. The maximum absolute atomic E-state index is 12.3. The average molecular weight is 274 g/mol. The zero-order chi connectivity index (χ0) is 13.0. The van der Waals surface area contributed by atoms with Crippen LogP contribution in [0.25, 0.3) is 0 Å². The fourth-order valence-electron chi connectivity index (χ4n) is 2.84. The Labute approximate surface area is 111 Å². The van der Waals surface area contributed by atoms with Crippen molar-refractivity contribution >= 4 is 10.0 Å². The van der Waals surface area contributed by atoms with Crippen molar-refractivity contribution < 1.29 is 8.42 Å². The lowest BCUT2D eigenvalue weighted by Gasteiger charge is -2.26. The van der Waals surface area contributed by atoms with E-state index in [0.717, 1.165) is 25.8 Å². The fraction of sp³-hybridized carbons (Fsp3) is 1.00. The first-order valence-corrected chi connectivity index (χ1v) is 8.97. The molecule has 2 aliphatic rings. The van der Waals surface area contributed by atoms with E-state index < -0.39 is 10.0 Å². The molecule has 2 rings (SSSR count). The van der Waals surface area contributed by atoms with E-state index >= 15 is 0 Å². The molecule has 5 heteroatoms. The standard InChI is InChI=1S/C13H26N2O2S/c1-2-15(13-6-3-4-7-13)18(16,17)11-5-10-14-12-8-9-12/h12-14H,2-11H2,1H3.